The highest BCUT2D eigenvalue weighted by Crippen LogP contribution is 2.20. The molecular formula is C11H16N2O4S. The Hall–Kier alpha value is -1.31. The van der Waals surface area contributed by atoms with Gasteiger partial charge in [0.2, 0.25) is 0 Å². The predicted molar refractivity (Wildman–Crippen MR) is 68.3 cm³/mol. The Labute approximate surface area is 107 Å². The molecule has 2 rings (SSSR count). The van der Waals surface area contributed by atoms with Crippen LogP contribution in [0.4, 0.5) is 5.69 Å². The molecule has 0 saturated carbocycles. The van der Waals surface area contributed by atoms with Crippen LogP contribution in [0.15, 0.2) is 24.3 Å². The molecule has 1 saturated heterocycles. The number of hydrogen-bond acceptors (Lipinski definition) is 4. The average molecular weight is 272 g/mol. The lowest BCUT2D eigenvalue weighted by molar-refractivity contribution is 0.335. The van der Waals surface area contributed by atoms with Crippen LogP contribution >= 0.6 is 0 Å². The number of anilines is 1. The fraction of sp³-hybridized carbons (Fsp3) is 0.455. The third-order valence-corrected chi connectivity index (χ3v) is 4.02. The number of benzene rings is 1. The SMILES string of the molecule is COc1ccc(N2CCN(S(=O)(=O)O)CC2)cc1. The summed E-state index contributed by atoms with van der Waals surface area (Å²) in [5.74, 6) is 0.787. The van der Waals surface area contributed by atoms with Gasteiger partial charge in [0.25, 0.3) is 0 Å². The molecule has 18 heavy (non-hydrogen) atoms. The Bertz CT molecular complexity index is 492. The van der Waals surface area contributed by atoms with Crippen molar-refractivity contribution in [3.05, 3.63) is 24.3 Å². The van der Waals surface area contributed by atoms with Gasteiger partial charge in [-0.1, -0.05) is 0 Å². The van der Waals surface area contributed by atoms with Crippen molar-refractivity contribution in [2.45, 2.75) is 0 Å². The molecule has 1 fully saturated rings. The fourth-order valence-electron chi connectivity index (χ4n) is 1.97. The van der Waals surface area contributed by atoms with E-state index in [1.807, 2.05) is 24.3 Å². The van der Waals surface area contributed by atoms with Gasteiger partial charge in [0.05, 0.1) is 7.11 Å². The van der Waals surface area contributed by atoms with Gasteiger partial charge in [0, 0.05) is 31.9 Å². The van der Waals surface area contributed by atoms with Crippen molar-refractivity contribution in [3.63, 3.8) is 0 Å². The van der Waals surface area contributed by atoms with Gasteiger partial charge in [0.15, 0.2) is 0 Å². The van der Waals surface area contributed by atoms with Crippen LogP contribution in [0.5, 0.6) is 5.75 Å². The van der Waals surface area contributed by atoms with Crippen LogP contribution in [-0.4, -0.2) is 50.6 Å². The highest BCUT2D eigenvalue weighted by atomic mass is 32.2. The molecule has 1 heterocycles. The largest absolute Gasteiger partial charge is 0.497 e. The maximum Gasteiger partial charge on any atom is 0.336 e. The van der Waals surface area contributed by atoms with E-state index in [0.29, 0.717) is 26.2 Å². The number of nitrogens with zero attached hydrogens (tertiary/aromatic N) is 2. The molecule has 100 valence electrons. The van der Waals surface area contributed by atoms with E-state index < -0.39 is 10.3 Å². The van der Waals surface area contributed by atoms with Gasteiger partial charge in [-0.25, -0.2) is 0 Å². The van der Waals surface area contributed by atoms with Crippen molar-refractivity contribution in [2.24, 2.45) is 0 Å². The van der Waals surface area contributed by atoms with Gasteiger partial charge in [0.1, 0.15) is 5.75 Å². The molecule has 1 aromatic carbocycles. The van der Waals surface area contributed by atoms with Crippen LogP contribution in [0.1, 0.15) is 0 Å². The molecule has 0 aromatic heterocycles. The van der Waals surface area contributed by atoms with Crippen molar-refractivity contribution in [1.82, 2.24) is 4.31 Å². The Morgan fingerprint density at radius 1 is 1.11 bits per heavy atom. The summed E-state index contributed by atoms with van der Waals surface area (Å²) in [6, 6.07) is 7.60. The summed E-state index contributed by atoms with van der Waals surface area (Å²) in [6.45, 7) is 1.72. The highest BCUT2D eigenvalue weighted by Gasteiger charge is 2.24. The highest BCUT2D eigenvalue weighted by molar-refractivity contribution is 7.83. The molecule has 1 aromatic rings. The molecule has 0 radical (unpaired) electrons. The molecule has 6 nitrogen and oxygen atoms in total. The van der Waals surface area contributed by atoms with Crippen molar-refractivity contribution in [1.29, 1.82) is 0 Å². The standard InChI is InChI=1S/C11H16N2O4S/c1-17-11-4-2-10(3-5-11)12-6-8-13(9-7-12)18(14,15)16/h2-5H,6-9H2,1H3,(H,14,15,16). The van der Waals surface area contributed by atoms with Gasteiger partial charge >= 0.3 is 10.3 Å². The molecule has 1 N–H and O–H groups in total. The third kappa shape index (κ3) is 2.92. The zero-order valence-corrected chi connectivity index (χ0v) is 10.9. The van der Waals surface area contributed by atoms with Crippen molar-refractivity contribution < 1.29 is 17.7 Å². The second-order valence-electron chi connectivity index (χ2n) is 4.06. The summed E-state index contributed by atoms with van der Waals surface area (Å²) in [5.41, 5.74) is 1.02. The summed E-state index contributed by atoms with van der Waals surface area (Å²) in [4.78, 5) is 2.07. The van der Waals surface area contributed by atoms with E-state index in [2.05, 4.69) is 4.90 Å². The lowest BCUT2D eigenvalue weighted by Gasteiger charge is -2.34. The minimum atomic E-state index is -4.06. The van der Waals surface area contributed by atoms with Gasteiger partial charge in [-0.2, -0.15) is 12.7 Å². The lowest BCUT2D eigenvalue weighted by atomic mass is 10.2. The van der Waals surface area contributed by atoms with Gasteiger partial charge in [-0.3, -0.25) is 4.55 Å². The molecule has 1 aliphatic rings. The third-order valence-electron chi connectivity index (χ3n) is 3.00. The molecule has 0 unspecified atom stereocenters. The average Bonchev–Trinajstić information content (AvgIpc) is 2.38. The maximum atomic E-state index is 11.0. The first-order chi connectivity index (χ1) is 8.50. The van der Waals surface area contributed by atoms with Gasteiger partial charge in [-0.15, -0.1) is 0 Å². The summed E-state index contributed by atoms with van der Waals surface area (Å²) in [6.07, 6.45) is 0. The van der Waals surface area contributed by atoms with Crippen molar-refractivity contribution >= 4 is 16.0 Å². The van der Waals surface area contributed by atoms with E-state index in [9.17, 15) is 8.42 Å². The zero-order valence-electron chi connectivity index (χ0n) is 10.1. The molecular weight excluding hydrogens is 256 g/mol. The minimum Gasteiger partial charge on any atom is -0.497 e. The second-order valence-corrected chi connectivity index (χ2v) is 5.47. The molecule has 0 bridgehead atoms. The Balaban J connectivity index is 2.01. The minimum absolute atomic E-state index is 0.296. The fourth-order valence-corrected chi connectivity index (χ4v) is 2.59. The van der Waals surface area contributed by atoms with Crippen LogP contribution in [0.25, 0.3) is 0 Å². The molecule has 7 heteroatoms. The van der Waals surface area contributed by atoms with E-state index in [0.717, 1.165) is 15.7 Å². The second kappa shape index (κ2) is 5.13. The van der Waals surface area contributed by atoms with E-state index in [1.165, 1.54) is 0 Å². The molecule has 1 aliphatic heterocycles. The number of ether oxygens (including phenoxy) is 1. The first-order valence-corrected chi connectivity index (χ1v) is 7.02. The lowest BCUT2D eigenvalue weighted by Crippen LogP contribution is -2.48. The number of methoxy groups -OCH3 is 1. The van der Waals surface area contributed by atoms with Crippen LogP contribution < -0.4 is 9.64 Å². The van der Waals surface area contributed by atoms with E-state index in [-0.39, 0.29) is 0 Å². The Morgan fingerprint density at radius 3 is 2.11 bits per heavy atom. The number of hydrogen-bond donors (Lipinski definition) is 1. The van der Waals surface area contributed by atoms with E-state index in [1.54, 1.807) is 7.11 Å². The maximum absolute atomic E-state index is 11.0. The van der Waals surface area contributed by atoms with Crippen molar-refractivity contribution in [2.75, 3.05) is 38.2 Å². The van der Waals surface area contributed by atoms with Gasteiger partial charge in [-0.05, 0) is 24.3 Å². The molecule has 0 spiro atoms. The normalized spacial score (nSPS) is 17.8. The zero-order chi connectivity index (χ0) is 13.2. The summed E-state index contributed by atoms with van der Waals surface area (Å²) in [5, 5.41) is 0. The smallest absolute Gasteiger partial charge is 0.336 e. The van der Waals surface area contributed by atoms with E-state index in [4.69, 9.17) is 9.29 Å². The van der Waals surface area contributed by atoms with Crippen molar-refractivity contribution in [3.8, 4) is 5.75 Å². The monoisotopic (exact) mass is 272 g/mol. The quantitative estimate of drug-likeness (QED) is 0.817. The first kappa shape index (κ1) is 13.1. The predicted octanol–water partition coefficient (Wildman–Crippen LogP) is 0.620. The summed E-state index contributed by atoms with van der Waals surface area (Å²) >= 11 is 0. The Morgan fingerprint density at radius 2 is 1.67 bits per heavy atom. The van der Waals surface area contributed by atoms with Crippen LogP contribution in [0.3, 0.4) is 0 Å². The van der Waals surface area contributed by atoms with E-state index >= 15 is 0 Å². The summed E-state index contributed by atoms with van der Waals surface area (Å²) in [7, 11) is -2.44. The number of rotatable bonds is 3. The molecule has 0 aliphatic carbocycles. The van der Waals surface area contributed by atoms with Crippen LogP contribution in [0, 0.1) is 0 Å². The number of piperazine rings is 1. The molecule has 0 atom stereocenters. The van der Waals surface area contributed by atoms with Crippen LogP contribution in [0.2, 0.25) is 0 Å². The topological polar surface area (TPSA) is 70.1 Å². The van der Waals surface area contributed by atoms with Gasteiger partial charge < -0.3 is 9.64 Å². The Kier molecular flexibility index (Phi) is 3.74. The molecule has 0 amide bonds. The van der Waals surface area contributed by atoms with Crippen LogP contribution in [-0.2, 0) is 10.3 Å². The first-order valence-electron chi connectivity index (χ1n) is 5.62. The summed E-state index contributed by atoms with van der Waals surface area (Å²) < 4.78 is 37.0.